The van der Waals surface area contributed by atoms with E-state index in [1.54, 1.807) is 13.2 Å². The number of carbonyl (C=O) groups excluding carboxylic acids is 1. The van der Waals surface area contributed by atoms with E-state index in [1.807, 2.05) is 32.0 Å². The maximum Gasteiger partial charge on any atom is 0.261 e. The number of hydrogen-bond acceptors (Lipinski definition) is 3. The first-order chi connectivity index (χ1) is 11.9. The van der Waals surface area contributed by atoms with Crippen molar-refractivity contribution in [2.24, 2.45) is 0 Å². The van der Waals surface area contributed by atoms with E-state index in [1.165, 1.54) is 11.1 Å². The topological polar surface area (TPSA) is 47.6 Å². The summed E-state index contributed by atoms with van der Waals surface area (Å²) in [6, 6.07) is 13.5. The molecule has 0 saturated heterocycles. The van der Waals surface area contributed by atoms with Gasteiger partial charge in [-0.05, 0) is 56.0 Å². The van der Waals surface area contributed by atoms with Crippen LogP contribution in [0.25, 0.3) is 0 Å². The lowest BCUT2D eigenvalue weighted by molar-refractivity contribution is -0.128. The van der Waals surface area contributed by atoms with Crippen molar-refractivity contribution in [2.45, 2.75) is 46.3 Å². The summed E-state index contributed by atoms with van der Waals surface area (Å²) in [6.07, 6.45) is 0.0454. The van der Waals surface area contributed by atoms with Crippen LogP contribution in [0.15, 0.2) is 42.5 Å². The van der Waals surface area contributed by atoms with Crippen molar-refractivity contribution in [3.8, 4) is 11.5 Å². The number of carbonyl (C=O) groups is 1. The lowest BCUT2D eigenvalue weighted by atomic mass is 10.0. The van der Waals surface area contributed by atoms with Gasteiger partial charge in [-0.15, -0.1) is 0 Å². The summed E-state index contributed by atoms with van der Waals surface area (Å²) in [5.74, 6) is 1.22. The second-order valence-corrected chi connectivity index (χ2v) is 6.27. The molecule has 2 rings (SSSR count). The minimum absolute atomic E-state index is 0.0743. The van der Waals surface area contributed by atoms with Crippen LogP contribution in [0.3, 0.4) is 0 Å². The Morgan fingerprint density at radius 1 is 1.08 bits per heavy atom. The summed E-state index contributed by atoms with van der Waals surface area (Å²) in [6.45, 7) is 8.08. The molecular weight excluding hydrogens is 314 g/mol. The fourth-order valence-corrected chi connectivity index (χ4v) is 2.58. The quantitative estimate of drug-likeness (QED) is 0.814. The molecule has 25 heavy (non-hydrogen) atoms. The molecule has 0 heterocycles. The second-order valence-electron chi connectivity index (χ2n) is 6.27. The Balaban J connectivity index is 2.04. The molecule has 0 aliphatic carbocycles. The molecule has 1 amide bonds. The Kier molecular flexibility index (Phi) is 6.45. The third kappa shape index (κ3) is 4.99. The van der Waals surface area contributed by atoms with Gasteiger partial charge in [-0.2, -0.15) is 0 Å². The van der Waals surface area contributed by atoms with Crippen molar-refractivity contribution in [1.29, 1.82) is 0 Å². The van der Waals surface area contributed by atoms with Crippen molar-refractivity contribution in [2.75, 3.05) is 7.11 Å². The van der Waals surface area contributed by atoms with Gasteiger partial charge in [0.1, 0.15) is 11.5 Å². The molecule has 2 atom stereocenters. The van der Waals surface area contributed by atoms with Crippen molar-refractivity contribution < 1.29 is 14.3 Å². The largest absolute Gasteiger partial charge is 0.497 e. The summed E-state index contributed by atoms with van der Waals surface area (Å²) in [4.78, 5) is 12.6. The second kappa shape index (κ2) is 8.56. The molecule has 0 aliphatic rings. The Morgan fingerprint density at radius 3 is 2.44 bits per heavy atom. The molecular formula is C21H27NO3. The van der Waals surface area contributed by atoms with E-state index >= 15 is 0 Å². The molecule has 0 bridgehead atoms. The minimum atomic E-state index is -0.541. The molecule has 0 aliphatic heterocycles. The molecule has 0 fully saturated rings. The number of ether oxygens (including phenoxy) is 2. The van der Waals surface area contributed by atoms with Gasteiger partial charge < -0.3 is 14.8 Å². The van der Waals surface area contributed by atoms with Crippen LogP contribution in [0.2, 0.25) is 0 Å². The number of hydrogen-bond donors (Lipinski definition) is 1. The van der Waals surface area contributed by atoms with E-state index in [0.717, 1.165) is 5.56 Å². The number of rotatable bonds is 7. The summed E-state index contributed by atoms with van der Waals surface area (Å²) >= 11 is 0. The van der Waals surface area contributed by atoms with Gasteiger partial charge in [-0.3, -0.25) is 4.79 Å². The van der Waals surface area contributed by atoms with Crippen LogP contribution in [0, 0.1) is 13.8 Å². The third-order valence-corrected chi connectivity index (χ3v) is 4.37. The number of amides is 1. The fourth-order valence-electron chi connectivity index (χ4n) is 2.58. The van der Waals surface area contributed by atoms with E-state index in [9.17, 15) is 4.79 Å². The Morgan fingerprint density at radius 2 is 1.80 bits per heavy atom. The Bertz CT molecular complexity index is 727. The highest BCUT2D eigenvalue weighted by molar-refractivity contribution is 5.81. The SMILES string of the molecule is CC[C@H](Oc1cccc(OC)c1)C(=O)N[C@H](C)c1ccc(C)c(C)c1. The first-order valence-electron chi connectivity index (χ1n) is 8.62. The Labute approximate surface area is 150 Å². The molecule has 2 aromatic rings. The van der Waals surface area contributed by atoms with Crippen LogP contribution >= 0.6 is 0 Å². The van der Waals surface area contributed by atoms with Crippen LogP contribution < -0.4 is 14.8 Å². The van der Waals surface area contributed by atoms with Crippen LogP contribution in [-0.2, 0) is 4.79 Å². The van der Waals surface area contributed by atoms with Crippen LogP contribution in [0.4, 0.5) is 0 Å². The van der Waals surface area contributed by atoms with Crippen LogP contribution in [0.1, 0.15) is 43.0 Å². The monoisotopic (exact) mass is 341 g/mol. The number of methoxy groups -OCH3 is 1. The van der Waals surface area contributed by atoms with E-state index < -0.39 is 6.10 Å². The molecule has 1 N–H and O–H groups in total. The molecule has 0 saturated carbocycles. The van der Waals surface area contributed by atoms with Crippen molar-refractivity contribution in [3.63, 3.8) is 0 Å². The number of benzene rings is 2. The highest BCUT2D eigenvalue weighted by Crippen LogP contribution is 2.21. The van der Waals surface area contributed by atoms with Crippen LogP contribution in [-0.4, -0.2) is 19.1 Å². The van der Waals surface area contributed by atoms with Gasteiger partial charge in [0.2, 0.25) is 0 Å². The van der Waals surface area contributed by atoms with Crippen molar-refractivity contribution in [1.82, 2.24) is 5.32 Å². The first kappa shape index (κ1) is 18.8. The highest BCUT2D eigenvalue weighted by Gasteiger charge is 2.21. The molecule has 2 aromatic carbocycles. The summed E-state index contributed by atoms with van der Waals surface area (Å²) in [5.41, 5.74) is 3.56. The lowest BCUT2D eigenvalue weighted by Crippen LogP contribution is -2.39. The van der Waals surface area contributed by atoms with Crippen LogP contribution in [0.5, 0.6) is 11.5 Å². The average molecular weight is 341 g/mol. The molecule has 0 radical (unpaired) electrons. The van der Waals surface area contributed by atoms with Gasteiger partial charge >= 0.3 is 0 Å². The molecule has 0 unspecified atom stereocenters. The molecule has 4 nitrogen and oxygen atoms in total. The van der Waals surface area contributed by atoms with E-state index in [4.69, 9.17) is 9.47 Å². The summed E-state index contributed by atoms with van der Waals surface area (Å²) < 4.78 is 11.0. The lowest BCUT2D eigenvalue weighted by Gasteiger charge is -2.21. The molecule has 134 valence electrons. The van der Waals surface area contributed by atoms with E-state index in [2.05, 4.69) is 37.4 Å². The predicted molar refractivity (Wildman–Crippen MR) is 100 cm³/mol. The molecule has 0 spiro atoms. The third-order valence-electron chi connectivity index (χ3n) is 4.37. The molecule has 4 heteroatoms. The summed E-state index contributed by atoms with van der Waals surface area (Å²) in [7, 11) is 1.61. The van der Waals surface area contributed by atoms with Gasteiger partial charge in [0, 0.05) is 6.07 Å². The zero-order valence-electron chi connectivity index (χ0n) is 15.6. The van der Waals surface area contributed by atoms with Crippen molar-refractivity contribution >= 4 is 5.91 Å². The van der Waals surface area contributed by atoms with Gasteiger partial charge in [-0.1, -0.05) is 31.2 Å². The smallest absolute Gasteiger partial charge is 0.261 e. The van der Waals surface area contributed by atoms with Gasteiger partial charge in [0.25, 0.3) is 5.91 Å². The maximum atomic E-state index is 12.6. The average Bonchev–Trinajstić information content (AvgIpc) is 2.61. The zero-order chi connectivity index (χ0) is 18.4. The van der Waals surface area contributed by atoms with Gasteiger partial charge in [0.05, 0.1) is 13.2 Å². The standard InChI is InChI=1S/C21H27NO3/c1-6-20(25-19-9-7-8-18(13-19)24-5)21(23)22-16(4)17-11-10-14(2)15(3)12-17/h7-13,16,20H,6H2,1-5H3,(H,22,23)/t16-,20+/m1/s1. The number of nitrogens with one attached hydrogen (secondary N) is 1. The maximum absolute atomic E-state index is 12.6. The van der Waals surface area contributed by atoms with E-state index in [0.29, 0.717) is 17.9 Å². The molecule has 0 aromatic heterocycles. The Hall–Kier alpha value is -2.49. The number of aryl methyl sites for hydroxylation is 2. The van der Waals surface area contributed by atoms with Gasteiger partial charge in [0.15, 0.2) is 6.10 Å². The highest BCUT2D eigenvalue weighted by atomic mass is 16.5. The predicted octanol–water partition coefficient (Wildman–Crippen LogP) is 4.35. The van der Waals surface area contributed by atoms with Crippen molar-refractivity contribution in [3.05, 3.63) is 59.2 Å². The fraction of sp³-hybridized carbons (Fsp3) is 0.381. The summed E-state index contributed by atoms with van der Waals surface area (Å²) in [5, 5.41) is 3.05. The minimum Gasteiger partial charge on any atom is -0.497 e. The van der Waals surface area contributed by atoms with E-state index in [-0.39, 0.29) is 11.9 Å². The normalized spacial score (nSPS) is 13.0. The first-order valence-corrected chi connectivity index (χ1v) is 8.62. The zero-order valence-corrected chi connectivity index (χ0v) is 15.6. The van der Waals surface area contributed by atoms with Gasteiger partial charge in [-0.25, -0.2) is 0 Å².